The van der Waals surface area contributed by atoms with Gasteiger partial charge in [-0.1, -0.05) is 36.4 Å². The SMILES string of the molecule is C1=CNCCC1.c1ccc(C2CCNCC2)cc1. The van der Waals surface area contributed by atoms with Crippen molar-refractivity contribution in [1.82, 2.24) is 10.6 Å². The molecule has 3 rings (SSSR count). The van der Waals surface area contributed by atoms with Crippen molar-refractivity contribution in [1.29, 1.82) is 0 Å². The van der Waals surface area contributed by atoms with Crippen LogP contribution in [0.1, 0.15) is 37.2 Å². The summed E-state index contributed by atoms with van der Waals surface area (Å²) in [4.78, 5) is 0. The molecule has 0 amide bonds. The van der Waals surface area contributed by atoms with Gasteiger partial charge < -0.3 is 10.6 Å². The zero-order valence-electron chi connectivity index (χ0n) is 11.1. The molecule has 2 nitrogen and oxygen atoms in total. The highest BCUT2D eigenvalue weighted by molar-refractivity contribution is 5.19. The Morgan fingerprint density at radius 3 is 2.22 bits per heavy atom. The molecule has 2 aliphatic heterocycles. The highest BCUT2D eigenvalue weighted by Crippen LogP contribution is 2.24. The summed E-state index contributed by atoms with van der Waals surface area (Å²) in [7, 11) is 0. The molecule has 2 heterocycles. The molecule has 18 heavy (non-hydrogen) atoms. The molecule has 1 saturated heterocycles. The van der Waals surface area contributed by atoms with Crippen molar-refractivity contribution in [3.8, 4) is 0 Å². The van der Waals surface area contributed by atoms with E-state index in [1.165, 1.54) is 44.3 Å². The molecular weight excluding hydrogens is 220 g/mol. The van der Waals surface area contributed by atoms with Crippen LogP contribution in [-0.2, 0) is 0 Å². The maximum absolute atomic E-state index is 3.38. The summed E-state index contributed by atoms with van der Waals surface area (Å²) in [6.45, 7) is 3.52. The molecular formula is C16H24N2. The molecule has 2 heteroatoms. The van der Waals surface area contributed by atoms with Gasteiger partial charge in [-0.05, 0) is 56.5 Å². The molecule has 2 N–H and O–H groups in total. The predicted octanol–water partition coefficient (Wildman–Crippen LogP) is 3.04. The Balaban J connectivity index is 0.000000169. The fourth-order valence-corrected chi connectivity index (χ4v) is 2.45. The van der Waals surface area contributed by atoms with E-state index in [9.17, 15) is 0 Å². The van der Waals surface area contributed by atoms with E-state index in [0.29, 0.717) is 0 Å². The lowest BCUT2D eigenvalue weighted by atomic mass is 9.90. The first kappa shape index (κ1) is 13.2. The number of benzene rings is 1. The summed E-state index contributed by atoms with van der Waals surface area (Å²) in [6, 6.07) is 10.9. The second-order valence-corrected chi connectivity index (χ2v) is 4.93. The molecule has 0 saturated carbocycles. The van der Waals surface area contributed by atoms with Crippen molar-refractivity contribution >= 4 is 0 Å². The third kappa shape index (κ3) is 4.53. The Hall–Kier alpha value is -1.28. The van der Waals surface area contributed by atoms with Crippen molar-refractivity contribution < 1.29 is 0 Å². The number of allylic oxidation sites excluding steroid dienone is 1. The van der Waals surface area contributed by atoms with Gasteiger partial charge in [0.05, 0.1) is 0 Å². The maximum atomic E-state index is 3.38. The lowest BCUT2D eigenvalue weighted by Gasteiger charge is -2.22. The topological polar surface area (TPSA) is 24.1 Å². The van der Waals surface area contributed by atoms with Crippen LogP contribution in [0.3, 0.4) is 0 Å². The second kappa shape index (κ2) is 7.93. The van der Waals surface area contributed by atoms with Gasteiger partial charge in [-0.3, -0.25) is 0 Å². The Morgan fingerprint density at radius 1 is 0.944 bits per heavy atom. The zero-order chi connectivity index (χ0) is 12.5. The van der Waals surface area contributed by atoms with Gasteiger partial charge >= 0.3 is 0 Å². The van der Waals surface area contributed by atoms with Gasteiger partial charge in [-0.25, -0.2) is 0 Å². The van der Waals surface area contributed by atoms with Gasteiger partial charge in [0.25, 0.3) is 0 Å². The van der Waals surface area contributed by atoms with Gasteiger partial charge in [0.15, 0.2) is 0 Å². The van der Waals surface area contributed by atoms with Crippen molar-refractivity contribution in [2.45, 2.75) is 31.6 Å². The fourth-order valence-electron chi connectivity index (χ4n) is 2.45. The molecule has 1 fully saturated rings. The second-order valence-electron chi connectivity index (χ2n) is 4.93. The highest BCUT2D eigenvalue weighted by atomic mass is 14.9. The Kier molecular flexibility index (Phi) is 5.80. The molecule has 1 aromatic carbocycles. The number of piperidine rings is 1. The maximum Gasteiger partial charge on any atom is 0.0144 e. The third-order valence-corrected chi connectivity index (χ3v) is 3.54. The van der Waals surface area contributed by atoms with E-state index < -0.39 is 0 Å². The molecule has 0 radical (unpaired) electrons. The summed E-state index contributed by atoms with van der Waals surface area (Å²) in [5.41, 5.74) is 1.51. The number of rotatable bonds is 1. The van der Waals surface area contributed by atoms with E-state index >= 15 is 0 Å². The molecule has 0 aliphatic carbocycles. The first-order valence-corrected chi connectivity index (χ1v) is 7.11. The van der Waals surface area contributed by atoms with Crippen LogP contribution in [0.2, 0.25) is 0 Å². The smallest absolute Gasteiger partial charge is 0.0144 e. The van der Waals surface area contributed by atoms with Crippen LogP contribution in [0.25, 0.3) is 0 Å². The monoisotopic (exact) mass is 244 g/mol. The van der Waals surface area contributed by atoms with Crippen LogP contribution < -0.4 is 10.6 Å². The lowest BCUT2D eigenvalue weighted by molar-refractivity contribution is 0.460. The number of hydrogen-bond acceptors (Lipinski definition) is 2. The van der Waals surface area contributed by atoms with Crippen LogP contribution in [-0.4, -0.2) is 19.6 Å². The van der Waals surface area contributed by atoms with Crippen LogP contribution in [0, 0.1) is 0 Å². The minimum atomic E-state index is 0.799. The van der Waals surface area contributed by atoms with E-state index in [1.807, 2.05) is 6.20 Å². The first-order valence-electron chi connectivity index (χ1n) is 7.11. The zero-order valence-corrected chi connectivity index (χ0v) is 11.1. The summed E-state index contributed by atoms with van der Waals surface area (Å²) < 4.78 is 0. The Morgan fingerprint density at radius 2 is 1.72 bits per heavy atom. The van der Waals surface area contributed by atoms with Gasteiger partial charge in [0, 0.05) is 6.54 Å². The standard InChI is InChI=1S/C11H15N.C5H9N/c1-2-4-10(5-3-1)11-6-8-12-9-7-11;1-2-4-6-5-3-1/h1-5,11-12H,6-9H2;2,4,6H,1,3,5H2. The van der Waals surface area contributed by atoms with Crippen molar-refractivity contribution in [3.05, 3.63) is 48.2 Å². The average molecular weight is 244 g/mol. The fraction of sp³-hybridized carbons (Fsp3) is 0.500. The molecule has 98 valence electrons. The summed E-state index contributed by atoms with van der Waals surface area (Å²) in [5, 5.41) is 6.49. The first-order chi connectivity index (χ1) is 8.97. The normalized spacial score (nSPS) is 19.6. The largest absolute Gasteiger partial charge is 0.391 e. The molecule has 0 unspecified atom stereocenters. The van der Waals surface area contributed by atoms with Crippen molar-refractivity contribution in [3.63, 3.8) is 0 Å². The Bertz CT molecular complexity index is 331. The quantitative estimate of drug-likeness (QED) is 0.793. The van der Waals surface area contributed by atoms with Gasteiger partial charge in [0.2, 0.25) is 0 Å². The minimum absolute atomic E-state index is 0.799. The molecule has 0 atom stereocenters. The van der Waals surface area contributed by atoms with Crippen LogP contribution >= 0.6 is 0 Å². The molecule has 0 aromatic heterocycles. The Labute approximate surface area is 110 Å². The number of nitrogens with one attached hydrogen (secondary N) is 2. The van der Waals surface area contributed by atoms with Crippen LogP contribution in [0.5, 0.6) is 0 Å². The van der Waals surface area contributed by atoms with Gasteiger partial charge in [-0.2, -0.15) is 0 Å². The van der Waals surface area contributed by atoms with E-state index in [4.69, 9.17) is 0 Å². The minimum Gasteiger partial charge on any atom is -0.391 e. The average Bonchev–Trinajstić information content (AvgIpc) is 2.51. The van der Waals surface area contributed by atoms with Crippen molar-refractivity contribution in [2.24, 2.45) is 0 Å². The van der Waals surface area contributed by atoms with E-state index in [-0.39, 0.29) is 0 Å². The molecule has 0 bridgehead atoms. The highest BCUT2D eigenvalue weighted by Gasteiger charge is 2.13. The van der Waals surface area contributed by atoms with E-state index in [1.54, 1.807) is 0 Å². The lowest BCUT2D eigenvalue weighted by Crippen LogP contribution is -2.26. The predicted molar refractivity (Wildman–Crippen MR) is 77.7 cm³/mol. The third-order valence-electron chi connectivity index (χ3n) is 3.54. The number of hydrogen-bond donors (Lipinski definition) is 2. The van der Waals surface area contributed by atoms with Gasteiger partial charge in [-0.15, -0.1) is 0 Å². The van der Waals surface area contributed by atoms with Crippen molar-refractivity contribution in [2.75, 3.05) is 19.6 Å². The summed E-state index contributed by atoms with van der Waals surface area (Å²) in [5.74, 6) is 0.799. The van der Waals surface area contributed by atoms with Gasteiger partial charge in [0.1, 0.15) is 0 Å². The molecule has 1 aromatic rings. The summed E-state index contributed by atoms with van der Waals surface area (Å²) >= 11 is 0. The summed E-state index contributed by atoms with van der Waals surface area (Å²) in [6.07, 6.45) is 9.32. The van der Waals surface area contributed by atoms with E-state index in [0.717, 1.165) is 12.5 Å². The van der Waals surface area contributed by atoms with E-state index in [2.05, 4.69) is 47.0 Å². The van der Waals surface area contributed by atoms with Crippen LogP contribution in [0.15, 0.2) is 42.6 Å². The van der Waals surface area contributed by atoms with Crippen LogP contribution in [0.4, 0.5) is 0 Å². The molecule has 0 spiro atoms. The molecule has 2 aliphatic rings.